The van der Waals surface area contributed by atoms with Crippen LogP contribution in [0.15, 0.2) is 18.2 Å². The maximum absolute atomic E-state index is 12.1. The Kier molecular flexibility index (Phi) is 6.49. The average molecular weight is 284 g/mol. The Bertz CT molecular complexity index is 382. The lowest BCUT2D eigenvalue weighted by atomic mass is 10.0. The predicted octanol–water partition coefficient (Wildman–Crippen LogP) is 3.77. The Balaban J connectivity index is 0.00000289. The number of rotatable bonds is 4. The van der Waals surface area contributed by atoms with Crippen LogP contribution in [0.25, 0.3) is 0 Å². The summed E-state index contributed by atoms with van der Waals surface area (Å²) in [7, 11) is 1.52. The van der Waals surface area contributed by atoms with Gasteiger partial charge in [0.2, 0.25) is 0 Å². The van der Waals surface area contributed by atoms with Gasteiger partial charge in [-0.3, -0.25) is 0 Å². The van der Waals surface area contributed by atoms with Crippen molar-refractivity contribution < 1.29 is 17.9 Å². The quantitative estimate of drug-likeness (QED) is 0.913. The van der Waals surface area contributed by atoms with Crippen molar-refractivity contribution in [3.05, 3.63) is 29.3 Å². The summed E-state index contributed by atoms with van der Waals surface area (Å²) in [4.78, 5) is 0. The van der Waals surface area contributed by atoms with Crippen LogP contribution in [0, 0.1) is 6.92 Å². The normalized spacial score (nSPS) is 12.8. The highest BCUT2D eigenvalue weighted by atomic mass is 35.5. The highest BCUT2D eigenvalue weighted by molar-refractivity contribution is 5.85. The van der Waals surface area contributed by atoms with Gasteiger partial charge in [-0.05, 0) is 30.5 Å². The summed E-state index contributed by atoms with van der Waals surface area (Å²) in [6, 6.07) is 4.60. The molecular weight excluding hydrogens is 267 g/mol. The van der Waals surface area contributed by atoms with Crippen molar-refractivity contribution in [1.29, 1.82) is 0 Å². The summed E-state index contributed by atoms with van der Waals surface area (Å²) >= 11 is 0. The van der Waals surface area contributed by atoms with Crippen molar-refractivity contribution in [1.82, 2.24) is 0 Å². The fourth-order valence-electron chi connectivity index (χ4n) is 1.55. The Morgan fingerprint density at radius 1 is 1.33 bits per heavy atom. The summed E-state index contributed by atoms with van der Waals surface area (Å²) in [5.41, 5.74) is 7.31. The molecule has 18 heavy (non-hydrogen) atoms. The molecule has 1 rings (SSSR count). The van der Waals surface area contributed by atoms with Crippen molar-refractivity contribution in [3.8, 4) is 5.75 Å². The van der Waals surface area contributed by atoms with E-state index in [9.17, 15) is 13.2 Å². The molecule has 1 atom stereocenters. The molecule has 1 aromatic carbocycles. The fraction of sp³-hybridized carbons (Fsp3) is 0.500. The Morgan fingerprint density at radius 2 is 1.94 bits per heavy atom. The molecule has 2 N–H and O–H groups in total. The van der Waals surface area contributed by atoms with Crippen molar-refractivity contribution in [2.45, 2.75) is 32.0 Å². The third kappa shape index (κ3) is 5.14. The Labute approximate surface area is 111 Å². The zero-order chi connectivity index (χ0) is 13.1. The Hall–Kier alpha value is -0.940. The van der Waals surface area contributed by atoms with E-state index in [2.05, 4.69) is 0 Å². The number of hydrogen-bond donors (Lipinski definition) is 1. The lowest BCUT2D eigenvalue weighted by Gasteiger charge is -2.15. The largest absolute Gasteiger partial charge is 0.496 e. The van der Waals surface area contributed by atoms with Gasteiger partial charge in [-0.25, -0.2) is 0 Å². The van der Waals surface area contributed by atoms with Gasteiger partial charge in [-0.1, -0.05) is 12.1 Å². The van der Waals surface area contributed by atoms with Gasteiger partial charge in [-0.2, -0.15) is 13.2 Å². The third-order valence-electron chi connectivity index (χ3n) is 2.60. The summed E-state index contributed by atoms with van der Waals surface area (Å²) in [5.74, 6) is 0.643. The minimum atomic E-state index is -4.16. The third-order valence-corrected chi connectivity index (χ3v) is 2.60. The van der Waals surface area contributed by atoms with E-state index in [4.69, 9.17) is 10.5 Å². The van der Waals surface area contributed by atoms with Gasteiger partial charge in [-0.15, -0.1) is 12.4 Å². The highest BCUT2D eigenvalue weighted by Gasteiger charge is 2.27. The van der Waals surface area contributed by atoms with Crippen LogP contribution in [-0.4, -0.2) is 13.3 Å². The van der Waals surface area contributed by atoms with Gasteiger partial charge in [0.15, 0.2) is 0 Å². The molecule has 0 aliphatic carbocycles. The van der Waals surface area contributed by atoms with E-state index in [0.717, 1.165) is 5.56 Å². The average Bonchev–Trinajstić information content (AvgIpc) is 2.25. The van der Waals surface area contributed by atoms with E-state index < -0.39 is 18.6 Å². The minimum absolute atomic E-state index is 0. The first-order valence-corrected chi connectivity index (χ1v) is 5.30. The molecule has 0 aliphatic heterocycles. The first kappa shape index (κ1) is 17.1. The molecule has 0 amide bonds. The monoisotopic (exact) mass is 283 g/mol. The van der Waals surface area contributed by atoms with Crippen LogP contribution in [0.2, 0.25) is 0 Å². The second-order valence-corrected chi connectivity index (χ2v) is 3.99. The van der Waals surface area contributed by atoms with Gasteiger partial charge < -0.3 is 10.5 Å². The topological polar surface area (TPSA) is 35.2 Å². The Morgan fingerprint density at radius 3 is 2.44 bits per heavy atom. The SMILES string of the molecule is COc1cc([C@H](N)CCC(F)(F)F)ccc1C.Cl. The number of benzene rings is 1. The smallest absolute Gasteiger partial charge is 0.389 e. The molecule has 0 saturated carbocycles. The number of halogens is 4. The number of aryl methyl sites for hydroxylation is 1. The number of hydrogen-bond acceptors (Lipinski definition) is 2. The lowest BCUT2D eigenvalue weighted by Crippen LogP contribution is -2.15. The molecule has 0 bridgehead atoms. The van der Waals surface area contributed by atoms with Crippen molar-refractivity contribution in [2.24, 2.45) is 5.73 Å². The standard InChI is InChI=1S/C12H16F3NO.ClH/c1-8-3-4-9(7-11(8)17-2)10(16)5-6-12(13,14)15;/h3-4,7,10H,5-6,16H2,1-2H3;1H/t10-;/m1./s1. The van der Waals surface area contributed by atoms with Crippen LogP contribution < -0.4 is 10.5 Å². The zero-order valence-electron chi connectivity index (χ0n) is 10.3. The molecule has 0 radical (unpaired) electrons. The van der Waals surface area contributed by atoms with E-state index in [1.807, 2.05) is 6.92 Å². The summed E-state index contributed by atoms with van der Waals surface area (Å²) in [6.07, 6.45) is -5.15. The molecule has 0 aliphatic rings. The predicted molar refractivity (Wildman–Crippen MR) is 67.2 cm³/mol. The molecule has 0 spiro atoms. The van der Waals surface area contributed by atoms with Crippen LogP contribution >= 0.6 is 12.4 Å². The molecule has 0 aromatic heterocycles. The fourth-order valence-corrected chi connectivity index (χ4v) is 1.55. The van der Waals surface area contributed by atoms with Crippen molar-refractivity contribution in [3.63, 3.8) is 0 Å². The maximum atomic E-state index is 12.1. The van der Waals surface area contributed by atoms with E-state index in [1.165, 1.54) is 7.11 Å². The molecule has 0 unspecified atom stereocenters. The highest BCUT2D eigenvalue weighted by Crippen LogP contribution is 2.28. The molecule has 2 nitrogen and oxygen atoms in total. The van der Waals surface area contributed by atoms with Crippen LogP contribution in [0.1, 0.15) is 30.0 Å². The van der Waals surface area contributed by atoms with E-state index in [1.54, 1.807) is 18.2 Å². The van der Waals surface area contributed by atoms with E-state index >= 15 is 0 Å². The summed E-state index contributed by atoms with van der Waals surface area (Å²) in [6.45, 7) is 1.86. The van der Waals surface area contributed by atoms with Crippen molar-refractivity contribution >= 4 is 12.4 Å². The number of methoxy groups -OCH3 is 1. The number of alkyl halides is 3. The molecule has 6 heteroatoms. The van der Waals surface area contributed by atoms with Gasteiger partial charge in [0.25, 0.3) is 0 Å². The first-order valence-electron chi connectivity index (χ1n) is 5.30. The molecular formula is C12H17ClF3NO. The maximum Gasteiger partial charge on any atom is 0.389 e. The number of nitrogens with two attached hydrogens (primary N) is 1. The molecule has 104 valence electrons. The molecule has 0 fully saturated rings. The second-order valence-electron chi connectivity index (χ2n) is 3.99. The number of ether oxygens (including phenoxy) is 1. The molecule has 0 heterocycles. The summed E-state index contributed by atoms with van der Waals surface area (Å²) < 4.78 is 41.3. The van der Waals surface area contributed by atoms with E-state index in [-0.39, 0.29) is 18.8 Å². The van der Waals surface area contributed by atoms with Gasteiger partial charge in [0.05, 0.1) is 7.11 Å². The van der Waals surface area contributed by atoms with Crippen LogP contribution in [0.3, 0.4) is 0 Å². The van der Waals surface area contributed by atoms with Crippen molar-refractivity contribution in [2.75, 3.05) is 7.11 Å². The molecule has 1 aromatic rings. The zero-order valence-corrected chi connectivity index (χ0v) is 11.1. The van der Waals surface area contributed by atoms with Gasteiger partial charge >= 0.3 is 6.18 Å². The van der Waals surface area contributed by atoms with Gasteiger partial charge in [0.1, 0.15) is 5.75 Å². The molecule has 0 saturated heterocycles. The summed E-state index contributed by atoms with van der Waals surface area (Å²) in [5, 5.41) is 0. The first-order chi connectivity index (χ1) is 7.83. The van der Waals surface area contributed by atoms with E-state index in [0.29, 0.717) is 11.3 Å². The minimum Gasteiger partial charge on any atom is -0.496 e. The van der Waals surface area contributed by atoms with Gasteiger partial charge in [0, 0.05) is 12.5 Å². The second kappa shape index (κ2) is 6.85. The van der Waals surface area contributed by atoms with Crippen LogP contribution in [0.5, 0.6) is 5.75 Å². The van der Waals surface area contributed by atoms with Crippen LogP contribution in [0.4, 0.5) is 13.2 Å². The lowest BCUT2D eigenvalue weighted by molar-refractivity contribution is -0.136. The van der Waals surface area contributed by atoms with Crippen LogP contribution in [-0.2, 0) is 0 Å².